The number of halogens is 1. The Balaban J connectivity index is 2.20. The van der Waals surface area contributed by atoms with Gasteiger partial charge >= 0.3 is 0 Å². The SMILES string of the molecule is CCCCCC(C)(F)CC1CCCCN1. The first-order valence-corrected chi connectivity index (χ1v) is 6.56. The fraction of sp³-hybridized carbons (Fsp3) is 1.00. The fourth-order valence-electron chi connectivity index (χ4n) is 2.46. The Morgan fingerprint density at radius 1 is 1.33 bits per heavy atom. The van der Waals surface area contributed by atoms with Crippen LogP contribution in [0.1, 0.15) is 65.2 Å². The van der Waals surface area contributed by atoms with Crippen molar-refractivity contribution in [2.75, 3.05) is 6.54 Å². The van der Waals surface area contributed by atoms with Crippen molar-refractivity contribution in [3.05, 3.63) is 0 Å². The third kappa shape index (κ3) is 5.50. The van der Waals surface area contributed by atoms with E-state index in [4.69, 9.17) is 0 Å². The average Bonchev–Trinajstić information content (AvgIpc) is 2.18. The maximum atomic E-state index is 14.2. The Kier molecular flexibility index (Phi) is 5.59. The van der Waals surface area contributed by atoms with E-state index in [2.05, 4.69) is 12.2 Å². The van der Waals surface area contributed by atoms with E-state index in [0.29, 0.717) is 12.5 Å². The summed E-state index contributed by atoms with van der Waals surface area (Å²) in [6, 6.07) is 0.426. The molecular weight excluding hydrogens is 189 g/mol. The van der Waals surface area contributed by atoms with Crippen LogP contribution in [0.5, 0.6) is 0 Å². The van der Waals surface area contributed by atoms with Crippen molar-refractivity contribution in [2.24, 2.45) is 0 Å². The lowest BCUT2D eigenvalue weighted by Gasteiger charge is -2.30. The molecule has 2 unspecified atom stereocenters. The molecule has 2 atom stereocenters. The van der Waals surface area contributed by atoms with E-state index < -0.39 is 5.67 Å². The zero-order valence-electron chi connectivity index (χ0n) is 10.3. The normalized spacial score (nSPS) is 26.2. The summed E-state index contributed by atoms with van der Waals surface area (Å²) in [5, 5.41) is 3.43. The molecule has 0 saturated carbocycles. The minimum atomic E-state index is -0.954. The second-order valence-electron chi connectivity index (χ2n) is 5.22. The number of alkyl halides is 1. The zero-order valence-corrected chi connectivity index (χ0v) is 10.3. The summed E-state index contributed by atoms with van der Waals surface area (Å²) in [6.45, 7) is 5.02. The van der Waals surface area contributed by atoms with Gasteiger partial charge in [0.1, 0.15) is 5.67 Å². The second kappa shape index (κ2) is 6.47. The highest BCUT2D eigenvalue weighted by Gasteiger charge is 2.27. The molecule has 90 valence electrons. The van der Waals surface area contributed by atoms with Crippen LogP contribution in [0.3, 0.4) is 0 Å². The van der Waals surface area contributed by atoms with Crippen molar-refractivity contribution in [3.63, 3.8) is 0 Å². The van der Waals surface area contributed by atoms with Gasteiger partial charge in [-0.3, -0.25) is 0 Å². The van der Waals surface area contributed by atoms with Crippen LogP contribution in [-0.2, 0) is 0 Å². The van der Waals surface area contributed by atoms with Crippen molar-refractivity contribution >= 4 is 0 Å². The van der Waals surface area contributed by atoms with Crippen molar-refractivity contribution in [1.29, 1.82) is 0 Å². The molecule has 0 radical (unpaired) electrons. The van der Waals surface area contributed by atoms with Crippen LogP contribution < -0.4 is 5.32 Å². The molecule has 1 N–H and O–H groups in total. The predicted octanol–water partition coefficient (Wildman–Crippen LogP) is 3.83. The monoisotopic (exact) mass is 215 g/mol. The molecule has 1 aliphatic rings. The van der Waals surface area contributed by atoms with Gasteiger partial charge in [0, 0.05) is 6.04 Å². The first kappa shape index (κ1) is 13.0. The molecule has 0 aliphatic carbocycles. The summed E-state index contributed by atoms with van der Waals surface area (Å²) < 4.78 is 14.2. The highest BCUT2D eigenvalue weighted by molar-refractivity contribution is 4.83. The molecule has 0 aromatic heterocycles. The highest BCUT2D eigenvalue weighted by atomic mass is 19.1. The molecule has 1 heterocycles. The molecule has 15 heavy (non-hydrogen) atoms. The van der Waals surface area contributed by atoms with E-state index in [-0.39, 0.29) is 0 Å². The Bertz CT molecular complexity index is 162. The summed E-state index contributed by atoms with van der Waals surface area (Å²) in [5.41, 5.74) is -0.954. The van der Waals surface area contributed by atoms with Crippen molar-refractivity contribution in [2.45, 2.75) is 76.9 Å². The first-order chi connectivity index (χ1) is 7.14. The molecule has 1 fully saturated rings. The second-order valence-corrected chi connectivity index (χ2v) is 5.22. The van der Waals surface area contributed by atoms with Crippen LogP contribution in [0, 0.1) is 0 Å². The van der Waals surface area contributed by atoms with E-state index in [9.17, 15) is 4.39 Å². The van der Waals surface area contributed by atoms with Crippen LogP contribution in [0.15, 0.2) is 0 Å². The quantitative estimate of drug-likeness (QED) is 0.664. The molecule has 1 aliphatic heterocycles. The van der Waals surface area contributed by atoms with E-state index in [0.717, 1.165) is 32.2 Å². The summed E-state index contributed by atoms with van der Waals surface area (Å²) in [6.07, 6.45) is 8.51. The maximum Gasteiger partial charge on any atom is 0.109 e. The van der Waals surface area contributed by atoms with Gasteiger partial charge in [-0.1, -0.05) is 32.6 Å². The molecule has 0 aromatic carbocycles. The van der Waals surface area contributed by atoms with Gasteiger partial charge < -0.3 is 5.32 Å². The molecule has 1 nitrogen and oxygen atoms in total. The van der Waals surface area contributed by atoms with E-state index >= 15 is 0 Å². The Morgan fingerprint density at radius 3 is 2.73 bits per heavy atom. The Labute approximate surface area is 93.8 Å². The van der Waals surface area contributed by atoms with E-state index in [1.54, 1.807) is 6.92 Å². The Morgan fingerprint density at radius 2 is 2.13 bits per heavy atom. The van der Waals surface area contributed by atoms with Crippen LogP contribution in [0.4, 0.5) is 4.39 Å². The van der Waals surface area contributed by atoms with Gasteiger partial charge in [0.2, 0.25) is 0 Å². The van der Waals surface area contributed by atoms with Crippen molar-refractivity contribution in [1.82, 2.24) is 5.32 Å². The lowest BCUT2D eigenvalue weighted by Crippen LogP contribution is -2.39. The minimum absolute atomic E-state index is 0.426. The molecule has 1 rings (SSSR count). The van der Waals surface area contributed by atoms with Gasteiger partial charge in [0.05, 0.1) is 0 Å². The van der Waals surface area contributed by atoms with Crippen LogP contribution in [0.25, 0.3) is 0 Å². The van der Waals surface area contributed by atoms with Gasteiger partial charge in [0.25, 0.3) is 0 Å². The van der Waals surface area contributed by atoms with Crippen LogP contribution in [0.2, 0.25) is 0 Å². The molecule has 0 bridgehead atoms. The maximum absolute atomic E-state index is 14.2. The lowest BCUT2D eigenvalue weighted by molar-refractivity contribution is 0.130. The minimum Gasteiger partial charge on any atom is -0.314 e. The molecular formula is C13H26FN. The summed E-state index contributed by atoms with van der Waals surface area (Å²) in [4.78, 5) is 0. The zero-order chi connectivity index (χ0) is 11.1. The number of piperidine rings is 1. The number of nitrogens with one attached hydrogen (secondary N) is 1. The van der Waals surface area contributed by atoms with Crippen molar-refractivity contribution < 1.29 is 4.39 Å². The standard InChI is InChI=1S/C13H26FN/c1-3-4-6-9-13(2,14)11-12-8-5-7-10-15-12/h12,15H,3-11H2,1-2H3. The Hall–Kier alpha value is -0.110. The molecule has 0 spiro atoms. The van der Waals surface area contributed by atoms with Crippen LogP contribution in [-0.4, -0.2) is 18.3 Å². The predicted molar refractivity (Wildman–Crippen MR) is 63.9 cm³/mol. The third-order valence-electron chi connectivity index (χ3n) is 3.39. The smallest absolute Gasteiger partial charge is 0.109 e. The number of rotatable bonds is 6. The van der Waals surface area contributed by atoms with Gasteiger partial charge in [0.15, 0.2) is 0 Å². The number of hydrogen-bond acceptors (Lipinski definition) is 1. The molecule has 1 saturated heterocycles. The summed E-state index contributed by atoms with van der Waals surface area (Å²) in [7, 11) is 0. The number of hydrogen-bond donors (Lipinski definition) is 1. The lowest BCUT2D eigenvalue weighted by atomic mass is 9.89. The molecule has 0 amide bonds. The summed E-state index contributed by atoms with van der Waals surface area (Å²) >= 11 is 0. The molecule has 0 aromatic rings. The van der Waals surface area contributed by atoms with Gasteiger partial charge in [-0.25, -0.2) is 4.39 Å². The van der Waals surface area contributed by atoms with Gasteiger partial charge in [-0.05, 0) is 39.2 Å². The third-order valence-corrected chi connectivity index (χ3v) is 3.39. The van der Waals surface area contributed by atoms with Gasteiger partial charge in [-0.2, -0.15) is 0 Å². The fourth-order valence-corrected chi connectivity index (χ4v) is 2.46. The first-order valence-electron chi connectivity index (χ1n) is 6.56. The largest absolute Gasteiger partial charge is 0.314 e. The number of unbranched alkanes of at least 4 members (excludes halogenated alkanes) is 2. The van der Waals surface area contributed by atoms with Crippen molar-refractivity contribution in [3.8, 4) is 0 Å². The van der Waals surface area contributed by atoms with E-state index in [1.807, 2.05) is 0 Å². The van der Waals surface area contributed by atoms with E-state index in [1.165, 1.54) is 19.3 Å². The van der Waals surface area contributed by atoms with Crippen LogP contribution >= 0.6 is 0 Å². The highest BCUT2D eigenvalue weighted by Crippen LogP contribution is 2.27. The average molecular weight is 215 g/mol. The van der Waals surface area contributed by atoms with Gasteiger partial charge in [-0.15, -0.1) is 0 Å². The topological polar surface area (TPSA) is 12.0 Å². The summed E-state index contributed by atoms with van der Waals surface area (Å²) in [5.74, 6) is 0. The molecule has 2 heteroatoms.